The second-order valence-electron chi connectivity index (χ2n) is 8.26. The number of nitrogens with zero attached hydrogens (tertiary/aromatic N) is 2. The van der Waals surface area contributed by atoms with Gasteiger partial charge in [0.2, 0.25) is 0 Å². The van der Waals surface area contributed by atoms with Crippen LogP contribution < -0.4 is 10.6 Å². The summed E-state index contributed by atoms with van der Waals surface area (Å²) in [4.78, 5) is 32.4. The summed E-state index contributed by atoms with van der Waals surface area (Å²) >= 11 is 0. The fourth-order valence-corrected chi connectivity index (χ4v) is 3.65. The maximum absolute atomic E-state index is 12.9. The second kappa shape index (κ2) is 10.4. The van der Waals surface area contributed by atoms with E-state index in [0.717, 1.165) is 49.5 Å². The molecule has 1 aromatic heterocycles. The molecule has 1 fully saturated rings. The lowest BCUT2D eigenvalue weighted by molar-refractivity contribution is 0.0342. The summed E-state index contributed by atoms with van der Waals surface area (Å²) in [5.41, 5.74) is 4.44. The van der Waals surface area contributed by atoms with Crippen molar-refractivity contribution in [2.24, 2.45) is 0 Å². The normalized spacial score (nSPS) is 14.0. The second-order valence-corrected chi connectivity index (χ2v) is 8.26. The molecule has 7 heteroatoms. The zero-order valence-corrected chi connectivity index (χ0v) is 18.9. The van der Waals surface area contributed by atoms with Crippen molar-refractivity contribution in [3.05, 3.63) is 88.6 Å². The van der Waals surface area contributed by atoms with Crippen molar-refractivity contribution >= 4 is 23.3 Å². The van der Waals surface area contributed by atoms with Gasteiger partial charge in [-0.25, -0.2) is 4.98 Å². The van der Waals surface area contributed by atoms with Crippen LogP contribution in [0, 0.1) is 13.8 Å². The molecule has 0 aliphatic carbocycles. The summed E-state index contributed by atoms with van der Waals surface area (Å²) in [7, 11) is 0. The van der Waals surface area contributed by atoms with Gasteiger partial charge < -0.3 is 15.4 Å². The monoisotopic (exact) mass is 444 g/mol. The molecule has 3 aromatic rings. The lowest BCUT2D eigenvalue weighted by atomic mass is 10.1. The highest BCUT2D eigenvalue weighted by Crippen LogP contribution is 2.20. The average Bonchev–Trinajstić information content (AvgIpc) is 2.83. The summed E-state index contributed by atoms with van der Waals surface area (Å²) < 4.78 is 5.39. The molecule has 170 valence electrons. The molecule has 4 rings (SSSR count). The number of aromatic nitrogens is 1. The van der Waals surface area contributed by atoms with Gasteiger partial charge in [0, 0.05) is 31.4 Å². The number of carbonyl (C=O) groups is 2. The first-order valence-corrected chi connectivity index (χ1v) is 11.0. The molecule has 2 amide bonds. The molecule has 0 radical (unpaired) electrons. The van der Waals surface area contributed by atoms with Crippen molar-refractivity contribution < 1.29 is 14.3 Å². The van der Waals surface area contributed by atoms with Gasteiger partial charge in [-0.05, 0) is 55.3 Å². The van der Waals surface area contributed by atoms with Gasteiger partial charge in [0.1, 0.15) is 5.82 Å². The van der Waals surface area contributed by atoms with Gasteiger partial charge in [-0.1, -0.05) is 29.8 Å². The molecule has 0 saturated carbocycles. The predicted molar refractivity (Wildman–Crippen MR) is 129 cm³/mol. The van der Waals surface area contributed by atoms with Crippen LogP contribution in [0.2, 0.25) is 0 Å². The molecule has 0 spiro atoms. The third-order valence-electron chi connectivity index (χ3n) is 5.55. The first-order chi connectivity index (χ1) is 16.0. The van der Waals surface area contributed by atoms with Crippen molar-refractivity contribution in [2.45, 2.75) is 20.4 Å². The van der Waals surface area contributed by atoms with E-state index in [1.807, 2.05) is 50.2 Å². The Bertz CT molecular complexity index is 1120. The summed E-state index contributed by atoms with van der Waals surface area (Å²) in [6.07, 6.45) is 1.69. The van der Waals surface area contributed by atoms with Gasteiger partial charge in [0.25, 0.3) is 11.8 Å². The van der Waals surface area contributed by atoms with Gasteiger partial charge in [-0.15, -0.1) is 0 Å². The molecule has 1 aliphatic rings. The van der Waals surface area contributed by atoms with Crippen LogP contribution in [0.3, 0.4) is 0 Å². The third kappa shape index (κ3) is 6.03. The number of hydrogen-bond acceptors (Lipinski definition) is 5. The highest BCUT2D eigenvalue weighted by Gasteiger charge is 2.16. The van der Waals surface area contributed by atoms with E-state index in [2.05, 4.69) is 20.5 Å². The van der Waals surface area contributed by atoms with Gasteiger partial charge in [0.15, 0.2) is 0 Å². The molecule has 7 nitrogen and oxygen atoms in total. The third-order valence-corrected chi connectivity index (χ3v) is 5.55. The molecule has 2 aromatic carbocycles. The molecular weight excluding hydrogens is 416 g/mol. The number of amides is 2. The molecule has 0 atom stereocenters. The Morgan fingerprint density at radius 1 is 0.909 bits per heavy atom. The Kier molecular flexibility index (Phi) is 7.12. The van der Waals surface area contributed by atoms with E-state index in [4.69, 9.17) is 4.74 Å². The fraction of sp³-hybridized carbons (Fsp3) is 0.269. The molecular formula is C26H28N4O3. The van der Waals surface area contributed by atoms with Crippen molar-refractivity contribution in [2.75, 3.05) is 36.9 Å². The highest BCUT2D eigenvalue weighted by molar-refractivity contribution is 6.12. The Morgan fingerprint density at radius 3 is 2.33 bits per heavy atom. The van der Waals surface area contributed by atoms with Crippen LogP contribution in [0.15, 0.2) is 60.8 Å². The number of anilines is 2. The van der Waals surface area contributed by atoms with E-state index in [1.165, 1.54) is 0 Å². The van der Waals surface area contributed by atoms with E-state index in [9.17, 15) is 9.59 Å². The average molecular weight is 445 g/mol. The van der Waals surface area contributed by atoms with E-state index in [1.54, 1.807) is 24.4 Å². The van der Waals surface area contributed by atoms with Crippen LogP contribution in [0.25, 0.3) is 0 Å². The van der Waals surface area contributed by atoms with Gasteiger partial charge in [0.05, 0.1) is 24.5 Å². The molecule has 0 unspecified atom stereocenters. The van der Waals surface area contributed by atoms with E-state index in [-0.39, 0.29) is 11.8 Å². The number of benzene rings is 2. The number of hydrogen-bond donors (Lipinski definition) is 2. The quantitative estimate of drug-likeness (QED) is 0.600. The number of nitrogens with one attached hydrogen (secondary N) is 2. The standard InChI is InChI=1S/C26H28N4O3/c1-18-3-9-23(22(15-18)26(32)29-24-10-4-19(2)16-27-24)28-25(31)21-7-5-20(6-8-21)17-30-11-13-33-14-12-30/h3-10,15-16H,11-14,17H2,1-2H3,(H,28,31)(H,27,29,32). The van der Waals surface area contributed by atoms with Crippen molar-refractivity contribution in [3.8, 4) is 0 Å². The molecule has 1 aliphatic heterocycles. The number of rotatable bonds is 6. The lowest BCUT2D eigenvalue weighted by Crippen LogP contribution is -2.35. The van der Waals surface area contributed by atoms with Gasteiger partial charge in [-0.3, -0.25) is 14.5 Å². The first-order valence-electron chi connectivity index (χ1n) is 11.0. The molecule has 0 bridgehead atoms. The lowest BCUT2D eigenvalue weighted by Gasteiger charge is -2.26. The highest BCUT2D eigenvalue weighted by atomic mass is 16.5. The molecule has 33 heavy (non-hydrogen) atoms. The minimum atomic E-state index is -0.328. The van der Waals surface area contributed by atoms with E-state index >= 15 is 0 Å². The topological polar surface area (TPSA) is 83.6 Å². The Labute approximate surface area is 193 Å². The Hall–Kier alpha value is -3.55. The summed E-state index contributed by atoms with van der Waals surface area (Å²) in [5, 5.41) is 5.68. The number of pyridine rings is 1. The Balaban J connectivity index is 1.45. The van der Waals surface area contributed by atoms with E-state index in [0.29, 0.717) is 22.6 Å². The van der Waals surface area contributed by atoms with E-state index < -0.39 is 0 Å². The molecule has 1 saturated heterocycles. The van der Waals surface area contributed by atoms with Crippen molar-refractivity contribution in [1.82, 2.24) is 9.88 Å². The number of morpholine rings is 1. The zero-order chi connectivity index (χ0) is 23.2. The van der Waals surface area contributed by atoms with Gasteiger partial charge >= 0.3 is 0 Å². The van der Waals surface area contributed by atoms with Gasteiger partial charge in [-0.2, -0.15) is 0 Å². The minimum absolute atomic E-state index is 0.265. The SMILES string of the molecule is Cc1ccc(NC(=O)c2cc(C)ccc2NC(=O)c2ccc(CN3CCOCC3)cc2)nc1. The zero-order valence-electron chi connectivity index (χ0n) is 18.9. The fourth-order valence-electron chi connectivity index (χ4n) is 3.65. The van der Waals surface area contributed by atoms with Crippen LogP contribution in [0.5, 0.6) is 0 Å². The summed E-state index contributed by atoms with van der Waals surface area (Å²) in [6, 6.07) is 16.6. The number of ether oxygens (including phenoxy) is 1. The summed E-state index contributed by atoms with van der Waals surface area (Å²) in [5.74, 6) is -0.134. The molecule has 2 heterocycles. The summed E-state index contributed by atoms with van der Waals surface area (Å²) in [6.45, 7) is 8.01. The van der Waals surface area contributed by atoms with Crippen molar-refractivity contribution in [3.63, 3.8) is 0 Å². The maximum atomic E-state index is 12.9. The van der Waals surface area contributed by atoms with Crippen molar-refractivity contribution in [1.29, 1.82) is 0 Å². The number of aryl methyl sites for hydroxylation is 2. The smallest absolute Gasteiger partial charge is 0.258 e. The van der Waals surface area contributed by atoms with Crippen LogP contribution in [-0.4, -0.2) is 48.0 Å². The molecule has 2 N–H and O–H groups in total. The van der Waals surface area contributed by atoms with Crippen LogP contribution in [-0.2, 0) is 11.3 Å². The first kappa shape index (κ1) is 22.6. The van der Waals surface area contributed by atoms with Crippen LogP contribution in [0.1, 0.15) is 37.4 Å². The van der Waals surface area contributed by atoms with Crippen LogP contribution in [0.4, 0.5) is 11.5 Å². The van der Waals surface area contributed by atoms with Crippen LogP contribution >= 0.6 is 0 Å². The minimum Gasteiger partial charge on any atom is -0.379 e. The maximum Gasteiger partial charge on any atom is 0.258 e. The Morgan fingerprint density at radius 2 is 1.64 bits per heavy atom. The predicted octanol–water partition coefficient (Wildman–Crippen LogP) is 4.04. The number of carbonyl (C=O) groups excluding carboxylic acids is 2. The largest absolute Gasteiger partial charge is 0.379 e.